The lowest BCUT2D eigenvalue weighted by Gasteiger charge is -2.09. The highest BCUT2D eigenvalue weighted by Gasteiger charge is 2.10. The molecule has 0 fully saturated rings. The van der Waals surface area contributed by atoms with Gasteiger partial charge >= 0.3 is 5.97 Å². The number of amides is 1. The third-order valence-corrected chi connectivity index (χ3v) is 4.54. The third kappa shape index (κ3) is 6.15. The average Bonchev–Trinajstić information content (AvgIpc) is 2.61. The van der Waals surface area contributed by atoms with Crippen molar-refractivity contribution in [1.82, 2.24) is 0 Å². The average molecular weight is 359 g/mol. The van der Waals surface area contributed by atoms with Crippen molar-refractivity contribution in [2.45, 2.75) is 18.7 Å². The van der Waals surface area contributed by atoms with Gasteiger partial charge in [-0.05, 0) is 37.6 Å². The molecule has 0 heterocycles. The number of carbonyl (C=O) groups is 2. The summed E-state index contributed by atoms with van der Waals surface area (Å²) in [6.45, 7) is 3.68. The van der Waals surface area contributed by atoms with E-state index < -0.39 is 11.9 Å². The van der Waals surface area contributed by atoms with E-state index in [1.54, 1.807) is 31.4 Å². The summed E-state index contributed by atoms with van der Waals surface area (Å²) in [6.07, 6.45) is 0. The molecule has 0 saturated heterocycles. The number of benzene rings is 2. The Morgan fingerprint density at radius 1 is 1.12 bits per heavy atom. The van der Waals surface area contributed by atoms with Crippen LogP contribution in [-0.4, -0.2) is 31.3 Å². The van der Waals surface area contributed by atoms with Gasteiger partial charge in [0.15, 0.2) is 6.61 Å². The van der Waals surface area contributed by atoms with Gasteiger partial charge in [0.1, 0.15) is 5.75 Å². The van der Waals surface area contributed by atoms with Crippen LogP contribution in [0.4, 0.5) is 5.69 Å². The minimum Gasteiger partial charge on any atom is -0.497 e. The summed E-state index contributed by atoms with van der Waals surface area (Å²) in [5.41, 5.74) is 2.84. The zero-order valence-electron chi connectivity index (χ0n) is 14.5. The van der Waals surface area contributed by atoms with Gasteiger partial charge < -0.3 is 14.8 Å². The van der Waals surface area contributed by atoms with Crippen LogP contribution in [-0.2, 0) is 14.3 Å². The maximum atomic E-state index is 11.9. The van der Waals surface area contributed by atoms with E-state index >= 15 is 0 Å². The number of aryl methyl sites for hydroxylation is 2. The molecule has 1 amide bonds. The number of rotatable bonds is 7. The molecular formula is C19H21NO4S. The van der Waals surface area contributed by atoms with Crippen LogP contribution < -0.4 is 10.1 Å². The van der Waals surface area contributed by atoms with Crippen LogP contribution >= 0.6 is 11.8 Å². The SMILES string of the molecule is COc1cccc(NC(=O)COC(=O)CSc2cc(C)ccc2C)c1. The molecule has 6 heteroatoms. The van der Waals surface area contributed by atoms with Gasteiger partial charge in [-0.2, -0.15) is 0 Å². The first kappa shape index (κ1) is 18.9. The minimum atomic E-state index is -0.424. The smallest absolute Gasteiger partial charge is 0.316 e. The summed E-state index contributed by atoms with van der Waals surface area (Å²) >= 11 is 1.41. The van der Waals surface area contributed by atoms with E-state index in [0.717, 1.165) is 16.0 Å². The number of methoxy groups -OCH3 is 1. The van der Waals surface area contributed by atoms with Crippen molar-refractivity contribution in [3.8, 4) is 5.75 Å². The van der Waals surface area contributed by atoms with Crippen LogP contribution in [0.3, 0.4) is 0 Å². The van der Waals surface area contributed by atoms with Crippen molar-refractivity contribution in [2.75, 3.05) is 24.8 Å². The predicted molar refractivity (Wildman–Crippen MR) is 99.2 cm³/mol. The van der Waals surface area contributed by atoms with Crippen molar-refractivity contribution in [1.29, 1.82) is 0 Å². The van der Waals surface area contributed by atoms with Crippen LogP contribution in [0.25, 0.3) is 0 Å². The molecule has 1 N–H and O–H groups in total. The van der Waals surface area contributed by atoms with Crippen molar-refractivity contribution in [2.24, 2.45) is 0 Å². The molecule has 0 saturated carbocycles. The topological polar surface area (TPSA) is 64.6 Å². The van der Waals surface area contributed by atoms with Crippen molar-refractivity contribution in [3.63, 3.8) is 0 Å². The molecule has 0 radical (unpaired) electrons. The van der Waals surface area contributed by atoms with Crippen LogP contribution in [0.2, 0.25) is 0 Å². The van der Waals surface area contributed by atoms with E-state index in [0.29, 0.717) is 11.4 Å². The van der Waals surface area contributed by atoms with Gasteiger partial charge in [0.25, 0.3) is 5.91 Å². The normalized spacial score (nSPS) is 10.2. The van der Waals surface area contributed by atoms with E-state index in [4.69, 9.17) is 9.47 Å². The van der Waals surface area contributed by atoms with Gasteiger partial charge in [-0.25, -0.2) is 0 Å². The summed E-state index contributed by atoms with van der Waals surface area (Å²) in [6, 6.07) is 13.0. The number of hydrogen-bond acceptors (Lipinski definition) is 5. The summed E-state index contributed by atoms with van der Waals surface area (Å²) in [5, 5.41) is 2.66. The molecule has 0 bridgehead atoms. The zero-order valence-corrected chi connectivity index (χ0v) is 15.3. The molecular weight excluding hydrogens is 338 g/mol. The van der Waals surface area contributed by atoms with Gasteiger partial charge in [0.2, 0.25) is 0 Å². The van der Waals surface area contributed by atoms with Gasteiger partial charge in [0.05, 0.1) is 12.9 Å². The van der Waals surface area contributed by atoms with Crippen molar-refractivity contribution < 1.29 is 19.1 Å². The van der Waals surface area contributed by atoms with Crippen molar-refractivity contribution in [3.05, 3.63) is 53.6 Å². The summed E-state index contributed by atoms with van der Waals surface area (Å²) < 4.78 is 10.1. The van der Waals surface area contributed by atoms with Crippen molar-refractivity contribution >= 4 is 29.3 Å². The third-order valence-electron chi connectivity index (χ3n) is 3.41. The second kappa shape index (κ2) is 9.13. The number of carbonyl (C=O) groups excluding carboxylic acids is 2. The Morgan fingerprint density at radius 2 is 1.92 bits per heavy atom. The minimum absolute atomic E-state index is 0.163. The van der Waals surface area contributed by atoms with Crippen LogP contribution in [0.15, 0.2) is 47.4 Å². The molecule has 2 aromatic carbocycles. The van der Waals surface area contributed by atoms with Crippen LogP contribution in [0.5, 0.6) is 5.75 Å². The molecule has 2 rings (SSSR count). The highest BCUT2D eigenvalue weighted by molar-refractivity contribution is 8.00. The lowest BCUT2D eigenvalue weighted by atomic mass is 10.2. The first-order valence-corrected chi connectivity index (χ1v) is 8.76. The molecule has 0 atom stereocenters. The molecule has 0 aliphatic rings. The number of nitrogens with one attached hydrogen (secondary N) is 1. The Labute approximate surface area is 151 Å². The second-order valence-corrected chi connectivity index (χ2v) is 6.52. The Kier molecular flexibility index (Phi) is 6.89. The quantitative estimate of drug-likeness (QED) is 0.605. The lowest BCUT2D eigenvalue weighted by Crippen LogP contribution is -2.21. The number of anilines is 1. The van der Waals surface area contributed by atoms with E-state index in [1.165, 1.54) is 11.8 Å². The second-order valence-electron chi connectivity index (χ2n) is 5.50. The summed E-state index contributed by atoms with van der Waals surface area (Å²) in [4.78, 5) is 24.7. The van der Waals surface area contributed by atoms with Crippen LogP contribution in [0, 0.1) is 13.8 Å². The zero-order chi connectivity index (χ0) is 18.2. The fourth-order valence-corrected chi connectivity index (χ4v) is 3.01. The highest BCUT2D eigenvalue weighted by Crippen LogP contribution is 2.23. The Balaban J connectivity index is 1.77. The Morgan fingerprint density at radius 3 is 2.68 bits per heavy atom. The standard InChI is InChI=1S/C19H21NO4S/c1-13-7-8-14(2)17(9-13)25-12-19(22)24-11-18(21)20-15-5-4-6-16(10-15)23-3/h4-10H,11-12H2,1-3H3,(H,20,21). The fourth-order valence-electron chi connectivity index (χ4n) is 2.09. The number of esters is 1. The van der Waals surface area contributed by atoms with E-state index in [-0.39, 0.29) is 12.4 Å². The molecule has 0 aliphatic heterocycles. The molecule has 132 valence electrons. The van der Waals surface area contributed by atoms with E-state index in [2.05, 4.69) is 5.32 Å². The first-order chi connectivity index (χ1) is 12.0. The lowest BCUT2D eigenvalue weighted by molar-refractivity contribution is -0.144. The summed E-state index contributed by atoms with van der Waals surface area (Å²) in [5.74, 6) is -0.0127. The van der Waals surface area contributed by atoms with Crippen LogP contribution in [0.1, 0.15) is 11.1 Å². The van der Waals surface area contributed by atoms with Gasteiger partial charge in [-0.3, -0.25) is 9.59 Å². The monoisotopic (exact) mass is 359 g/mol. The van der Waals surface area contributed by atoms with Gasteiger partial charge in [0, 0.05) is 16.6 Å². The van der Waals surface area contributed by atoms with Gasteiger partial charge in [-0.15, -0.1) is 11.8 Å². The number of ether oxygens (including phenoxy) is 2. The number of thioether (sulfide) groups is 1. The molecule has 0 spiro atoms. The first-order valence-electron chi connectivity index (χ1n) is 7.77. The molecule has 25 heavy (non-hydrogen) atoms. The molecule has 0 aromatic heterocycles. The number of hydrogen-bond donors (Lipinski definition) is 1. The molecule has 2 aromatic rings. The van der Waals surface area contributed by atoms with E-state index in [9.17, 15) is 9.59 Å². The van der Waals surface area contributed by atoms with E-state index in [1.807, 2.05) is 32.0 Å². The summed E-state index contributed by atoms with van der Waals surface area (Å²) in [7, 11) is 1.55. The molecule has 0 aliphatic carbocycles. The Hall–Kier alpha value is -2.47. The highest BCUT2D eigenvalue weighted by atomic mass is 32.2. The predicted octanol–water partition coefficient (Wildman–Crippen LogP) is 3.59. The maximum absolute atomic E-state index is 11.9. The molecule has 5 nitrogen and oxygen atoms in total. The fraction of sp³-hybridized carbons (Fsp3) is 0.263. The Bertz CT molecular complexity index is 761. The maximum Gasteiger partial charge on any atom is 0.316 e. The largest absolute Gasteiger partial charge is 0.497 e. The van der Waals surface area contributed by atoms with Gasteiger partial charge in [-0.1, -0.05) is 23.8 Å². The molecule has 0 unspecified atom stereocenters.